The number of guanidine groups is 1. The Morgan fingerprint density at radius 1 is 1.27 bits per heavy atom. The van der Waals surface area contributed by atoms with Crippen molar-refractivity contribution in [3.8, 4) is 0 Å². The largest absolute Gasteiger partial charge is 0.379 e. The van der Waals surface area contributed by atoms with Gasteiger partial charge in [0.2, 0.25) is 0 Å². The van der Waals surface area contributed by atoms with Gasteiger partial charge in [-0.05, 0) is 43.6 Å². The van der Waals surface area contributed by atoms with E-state index in [1.165, 1.54) is 35.0 Å². The van der Waals surface area contributed by atoms with E-state index in [0.717, 1.165) is 64.4 Å². The number of likely N-dealkylation sites (tertiary alicyclic amines) is 1. The van der Waals surface area contributed by atoms with E-state index in [9.17, 15) is 0 Å². The zero-order valence-electron chi connectivity index (χ0n) is 18.2. The van der Waals surface area contributed by atoms with Gasteiger partial charge in [0, 0.05) is 49.1 Å². The van der Waals surface area contributed by atoms with E-state index in [4.69, 9.17) is 9.73 Å². The number of morpholine rings is 1. The molecule has 1 aromatic carbocycles. The van der Waals surface area contributed by atoms with Crippen molar-refractivity contribution >= 4 is 29.5 Å². The lowest BCUT2D eigenvalue weighted by atomic mass is 9.96. The molecule has 30 heavy (non-hydrogen) atoms. The number of thioether (sulfide) groups is 2. The van der Waals surface area contributed by atoms with Crippen molar-refractivity contribution in [2.75, 3.05) is 69.7 Å². The van der Waals surface area contributed by atoms with Gasteiger partial charge in [0.25, 0.3) is 0 Å². The van der Waals surface area contributed by atoms with Gasteiger partial charge < -0.3 is 15.0 Å². The zero-order chi connectivity index (χ0) is 20.7. The maximum absolute atomic E-state index is 5.61. The number of hydrogen-bond acceptors (Lipinski definition) is 5. The first-order chi connectivity index (χ1) is 14.8. The molecule has 0 saturated carbocycles. The number of nitrogens with one attached hydrogen (secondary N) is 1. The first-order valence-electron chi connectivity index (χ1n) is 11.4. The van der Waals surface area contributed by atoms with Crippen LogP contribution in [0, 0.1) is 5.92 Å². The highest BCUT2D eigenvalue weighted by Crippen LogP contribution is 2.34. The molecule has 7 heteroatoms. The molecule has 3 saturated heterocycles. The summed E-state index contributed by atoms with van der Waals surface area (Å²) in [5, 5.41) is 3.58. The molecule has 0 spiro atoms. The Kier molecular flexibility index (Phi) is 8.27. The summed E-state index contributed by atoms with van der Waals surface area (Å²) in [5.41, 5.74) is 0.220. The van der Waals surface area contributed by atoms with Gasteiger partial charge in [0.05, 0.1) is 25.3 Å². The fourth-order valence-electron chi connectivity index (χ4n) is 4.65. The summed E-state index contributed by atoms with van der Waals surface area (Å²) in [7, 11) is 0. The van der Waals surface area contributed by atoms with E-state index in [0.29, 0.717) is 0 Å². The van der Waals surface area contributed by atoms with Gasteiger partial charge in [-0.1, -0.05) is 18.2 Å². The fraction of sp³-hybridized carbons (Fsp3) is 0.696. The fourth-order valence-corrected chi connectivity index (χ4v) is 7.16. The molecule has 0 aromatic heterocycles. The third kappa shape index (κ3) is 5.67. The summed E-state index contributed by atoms with van der Waals surface area (Å²) in [6, 6.07) is 10.8. The Hall–Kier alpha value is -0.890. The lowest BCUT2D eigenvalue weighted by Gasteiger charge is -2.42. The molecule has 2 atom stereocenters. The summed E-state index contributed by atoms with van der Waals surface area (Å²) in [5.74, 6) is 5.50. The summed E-state index contributed by atoms with van der Waals surface area (Å²) >= 11 is 4.08. The molecule has 4 rings (SSSR count). The Morgan fingerprint density at radius 2 is 2.10 bits per heavy atom. The summed E-state index contributed by atoms with van der Waals surface area (Å²) in [6.07, 6.45) is 2.51. The molecule has 2 unspecified atom stereocenters. The lowest BCUT2D eigenvalue weighted by molar-refractivity contribution is -0.0105. The van der Waals surface area contributed by atoms with E-state index in [2.05, 4.69) is 64.1 Å². The molecule has 0 radical (unpaired) electrons. The quantitative estimate of drug-likeness (QED) is 0.392. The maximum atomic E-state index is 5.61. The first kappa shape index (κ1) is 22.3. The van der Waals surface area contributed by atoms with Crippen LogP contribution in [0.2, 0.25) is 0 Å². The number of aliphatic imine (C=N–C) groups is 1. The van der Waals surface area contributed by atoms with Crippen LogP contribution in [-0.2, 0) is 4.74 Å². The van der Waals surface area contributed by atoms with Crippen LogP contribution in [0.15, 0.2) is 40.2 Å². The van der Waals surface area contributed by atoms with Gasteiger partial charge in [0.15, 0.2) is 5.96 Å². The predicted octanol–water partition coefficient (Wildman–Crippen LogP) is 3.27. The van der Waals surface area contributed by atoms with E-state index in [-0.39, 0.29) is 5.54 Å². The van der Waals surface area contributed by atoms with E-state index in [1.807, 2.05) is 11.8 Å². The molecule has 1 N–H and O–H groups in total. The van der Waals surface area contributed by atoms with Crippen molar-refractivity contribution in [3.63, 3.8) is 0 Å². The van der Waals surface area contributed by atoms with Gasteiger partial charge in [-0.3, -0.25) is 9.89 Å². The monoisotopic (exact) mass is 448 g/mol. The molecule has 3 aliphatic heterocycles. The lowest BCUT2D eigenvalue weighted by Crippen LogP contribution is -2.56. The number of nitrogens with zero attached hydrogens (tertiary/aromatic N) is 3. The van der Waals surface area contributed by atoms with Gasteiger partial charge in [-0.2, -0.15) is 11.8 Å². The normalized spacial score (nSPS) is 28.2. The number of ether oxygens (including phenoxy) is 1. The van der Waals surface area contributed by atoms with Crippen molar-refractivity contribution in [2.24, 2.45) is 10.9 Å². The van der Waals surface area contributed by atoms with Crippen LogP contribution in [0.1, 0.15) is 19.8 Å². The van der Waals surface area contributed by atoms with Gasteiger partial charge in [-0.25, -0.2) is 0 Å². The molecule has 166 valence electrons. The molecule has 3 aliphatic rings. The van der Waals surface area contributed by atoms with Gasteiger partial charge >= 0.3 is 0 Å². The molecular formula is C23H36N4OS2. The van der Waals surface area contributed by atoms with Crippen LogP contribution < -0.4 is 5.32 Å². The SMILES string of the molecule is CCNC(=NCC1(N2CCOCC2)CCSC1)N1CCC(CSc2ccccc2)C1. The van der Waals surface area contributed by atoms with Crippen molar-refractivity contribution in [1.82, 2.24) is 15.1 Å². The minimum atomic E-state index is 0.220. The minimum Gasteiger partial charge on any atom is -0.379 e. The smallest absolute Gasteiger partial charge is 0.193 e. The average molecular weight is 449 g/mol. The standard InChI is InChI=1S/C23H36N4OS2/c1-2-24-22(25-18-23(9-15-29-19-23)27-11-13-28-14-12-27)26-10-8-20(16-26)17-30-21-6-4-3-5-7-21/h3-7,20H,2,8-19H2,1H3,(H,24,25). The Morgan fingerprint density at radius 3 is 2.83 bits per heavy atom. The molecular weight excluding hydrogens is 412 g/mol. The molecule has 3 heterocycles. The minimum absolute atomic E-state index is 0.220. The van der Waals surface area contributed by atoms with E-state index in [1.54, 1.807) is 0 Å². The summed E-state index contributed by atoms with van der Waals surface area (Å²) < 4.78 is 5.61. The molecule has 3 fully saturated rings. The first-order valence-corrected chi connectivity index (χ1v) is 13.5. The number of hydrogen-bond donors (Lipinski definition) is 1. The van der Waals surface area contributed by atoms with Crippen molar-refractivity contribution < 1.29 is 4.74 Å². The summed E-state index contributed by atoms with van der Waals surface area (Å²) in [6.45, 7) is 10.1. The van der Waals surface area contributed by atoms with Crippen LogP contribution in [0.25, 0.3) is 0 Å². The van der Waals surface area contributed by atoms with Crippen LogP contribution in [-0.4, -0.2) is 91.0 Å². The predicted molar refractivity (Wildman–Crippen MR) is 130 cm³/mol. The van der Waals surface area contributed by atoms with Crippen LogP contribution >= 0.6 is 23.5 Å². The molecule has 5 nitrogen and oxygen atoms in total. The van der Waals surface area contributed by atoms with Gasteiger partial charge in [-0.15, -0.1) is 11.8 Å². The molecule has 0 amide bonds. The van der Waals surface area contributed by atoms with Crippen LogP contribution in [0.3, 0.4) is 0 Å². The van der Waals surface area contributed by atoms with Crippen molar-refractivity contribution in [1.29, 1.82) is 0 Å². The topological polar surface area (TPSA) is 40.1 Å². The zero-order valence-corrected chi connectivity index (χ0v) is 19.9. The highest BCUT2D eigenvalue weighted by molar-refractivity contribution is 7.99. The second-order valence-electron chi connectivity index (χ2n) is 8.52. The third-order valence-electron chi connectivity index (χ3n) is 6.44. The van der Waals surface area contributed by atoms with Crippen LogP contribution in [0.5, 0.6) is 0 Å². The Labute approximate surface area is 190 Å². The molecule has 0 aliphatic carbocycles. The maximum Gasteiger partial charge on any atom is 0.193 e. The summed E-state index contributed by atoms with van der Waals surface area (Å²) in [4.78, 5) is 11.7. The highest BCUT2D eigenvalue weighted by Gasteiger charge is 2.41. The number of rotatable bonds is 7. The van der Waals surface area contributed by atoms with Crippen LogP contribution in [0.4, 0.5) is 0 Å². The second-order valence-corrected chi connectivity index (χ2v) is 10.7. The third-order valence-corrected chi connectivity index (χ3v) is 8.91. The van der Waals surface area contributed by atoms with Gasteiger partial charge in [0.1, 0.15) is 0 Å². The average Bonchev–Trinajstić information content (AvgIpc) is 3.47. The van der Waals surface area contributed by atoms with Crippen molar-refractivity contribution in [2.45, 2.75) is 30.2 Å². The highest BCUT2D eigenvalue weighted by atomic mass is 32.2. The Balaban J connectivity index is 1.36. The van der Waals surface area contributed by atoms with Crippen molar-refractivity contribution in [3.05, 3.63) is 30.3 Å². The molecule has 1 aromatic rings. The van der Waals surface area contributed by atoms with E-state index >= 15 is 0 Å². The second kappa shape index (κ2) is 11.1. The van der Waals surface area contributed by atoms with E-state index < -0.39 is 0 Å². The Bertz CT molecular complexity index is 675. The number of benzene rings is 1. The molecule has 0 bridgehead atoms.